The van der Waals surface area contributed by atoms with Crippen LogP contribution in [-0.4, -0.2) is 22.6 Å². The third-order valence-corrected chi connectivity index (χ3v) is 5.13. The van der Waals surface area contributed by atoms with Crippen molar-refractivity contribution in [2.24, 2.45) is 4.99 Å². The van der Waals surface area contributed by atoms with E-state index in [9.17, 15) is 9.90 Å². The number of carbonyl (C=O) groups excluding carboxylic acids is 1. The van der Waals surface area contributed by atoms with Crippen molar-refractivity contribution in [1.82, 2.24) is 4.98 Å². The molecule has 0 bridgehead atoms. The topological polar surface area (TPSA) is 97.0 Å². The van der Waals surface area contributed by atoms with Crippen LogP contribution in [0.15, 0.2) is 70.2 Å². The molecule has 4 aromatic rings. The Kier molecular flexibility index (Phi) is 6.51. The molecule has 33 heavy (non-hydrogen) atoms. The molecule has 0 atom stereocenters. The number of aliphatic hydroxyl groups excluding tert-OH is 1. The van der Waals surface area contributed by atoms with Crippen molar-refractivity contribution in [2.75, 3.05) is 11.9 Å². The van der Waals surface area contributed by atoms with Gasteiger partial charge in [-0.25, -0.2) is 4.99 Å². The van der Waals surface area contributed by atoms with Crippen LogP contribution < -0.4 is 15.6 Å². The molecule has 4 rings (SSSR count). The average molecular weight is 444 g/mol. The molecule has 0 saturated carbocycles. The number of aryl methyl sites for hydroxylation is 2. The summed E-state index contributed by atoms with van der Waals surface area (Å²) in [4.78, 5) is 22.3. The number of aliphatic hydroxyl groups is 1. The van der Waals surface area contributed by atoms with Crippen LogP contribution in [-0.2, 0) is 6.61 Å². The van der Waals surface area contributed by atoms with Crippen LogP contribution in [0, 0.1) is 13.8 Å². The molecule has 0 unspecified atom stereocenters. The van der Waals surface area contributed by atoms with E-state index < -0.39 is 5.91 Å². The fourth-order valence-corrected chi connectivity index (χ4v) is 3.52. The summed E-state index contributed by atoms with van der Waals surface area (Å²) in [5.74, 6) is 0.164. The van der Waals surface area contributed by atoms with Crippen molar-refractivity contribution in [2.45, 2.75) is 27.4 Å². The zero-order valence-corrected chi connectivity index (χ0v) is 18.8. The number of rotatable bonds is 6. The zero-order chi connectivity index (χ0) is 23.4. The normalized spacial score (nSPS) is 11.6. The molecular weight excluding hydrogens is 418 g/mol. The van der Waals surface area contributed by atoms with Gasteiger partial charge in [0.1, 0.15) is 11.3 Å². The van der Waals surface area contributed by atoms with Gasteiger partial charge in [-0.3, -0.25) is 9.78 Å². The third kappa shape index (κ3) is 4.78. The number of ether oxygens (including phenoxy) is 1. The molecule has 2 heterocycles. The van der Waals surface area contributed by atoms with Gasteiger partial charge in [-0.05, 0) is 56.7 Å². The number of hydrogen-bond donors (Lipinski definition) is 2. The van der Waals surface area contributed by atoms with Crippen LogP contribution in [0.25, 0.3) is 11.0 Å². The Labute approximate surface area is 191 Å². The third-order valence-electron chi connectivity index (χ3n) is 5.13. The lowest BCUT2D eigenvalue weighted by molar-refractivity contribution is 0.102. The number of para-hydroxylation sites is 2. The molecule has 0 radical (unpaired) electrons. The first-order valence-electron chi connectivity index (χ1n) is 10.7. The second-order valence-corrected chi connectivity index (χ2v) is 7.57. The minimum absolute atomic E-state index is 0.152. The highest BCUT2D eigenvalue weighted by atomic mass is 16.5. The van der Waals surface area contributed by atoms with E-state index in [4.69, 9.17) is 9.15 Å². The minimum Gasteiger partial charge on any atom is -0.492 e. The number of nitrogens with zero attached hydrogens (tertiary/aromatic N) is 2. The lowest BCUT2D eigenvalue weighted by Crippen LogP contribution is -2.22. The maximum atomic E-state index is 13.4. The summed E-state index contributed by atoms with van der Waals surface area (Å²) in [5, 5.41) is 13.3. The van der Waals surface area contributed by atoms with Gasteiger partial charge in [-0.1, -0.05) is 24.3 Å². The predicted molar refractivity (Wildman–Crippen MR) is 127 cm³/mol. The first-order chi connectivity index (χ1) is 16.0. The van der Waals surface area contributed by atoms with Gasteiger partial charge in [-0.2, -0.15) is 0 Å². The number of amides is 1. The predicted octanol–water partition coefficient (Wildman–Crippen LogP) is 4.82. The summed E-state index contributed by atoms with van der Waals surface area (Å²) < 4.78 is 11.7. The monoisotopic (exact) mass is 443 g/mol. The smallest absolute Gasteiger partial charge is 0.261 e. The van der Waals surface area contributed by atoms with Crippen molar-refractivity contribution < 1.29 is 19.1 Å². The number of pyridine rings is 1. The molecular formula is C26H25N3O4. The molecule has 168 valence electrons. The highest BCUT2D eigenvalue weighted by Crippen LogP contribution is 2.26. The van der Waals surface area contributed by atoms with Crippen molar-refractivity contribution >= 4 is 28.3 Å². The van der Waals surface area contributed by atoms with Crippen LogP contribution >= 0.6 is 0 Å². The molecule has 1 amide bonds. The Balaban J connectivity index is 1.91. The maximum absolute atomic E-state index is 13.4. The van der Waals surface area contributed by atoms with E-state index in [1.807, 2.05) is 57.2 Å². The fourth-order valence-electron chi connectivity index (χ4n) is 3.52. The molecule has 0 aliphatic rings. The second-order valence-electron chi connectivity index (χ2n) is 7.57. The molecule has 2 aromatic heterocycles. The SMILES string of the molecule is CCOc1ccccc1NC(=O)c1cc2c(CO)cnc(C)c2oc1=Nc1cccc(C)c1. The molecule has 2 aromatic carbocycles. The zero-order valence-electron chi connectivity index (χ0n) is 18.8. The lowest BCUT2D eigenvalue weighted by atomic mass is 10.1. The number of anilines is 1. The Morgan fingerprint density at radius 1 is 1.15 bits per heavy atom. The second kappa shape index (κ2) is 9.67. The highest BCUT2D eigenvalue weighted by Gasteiger charge is 2.17. The molecule has 7 heteroatoms. The summed E-state index contributed by atoms with van der Waals surface area (Å²) in [5.41, 5.74) is 4.29. The fraction of sp³-hybridized carbons (Fsp3) is 0.192. The number of fused-ring (bicyclic) bond motifs is 1. The van der Waals surface area contributed by atoms with Crippen molar-refractivity contribution in [3.63, 3.8) is 0 Å². The van der Waals surface area contributed by atoms with E-state index in [0.717, 1.165) is 5.56 Å². The average Bonchev–Trinajstić information content (AvgIpc) is 2.81. The molecule has 2 N–H and O–H groups in total. The number of hydrogen-bond acceptors (Lipinski definition) is 6. The van der Waals surface area contributed by atoms with Crippen LogP contribution in [0.3, 0.4) is 0 Å². The summed E-state index contributed by atoms with van der Waals surface area (Å²) in [6.45, 7) is 5.89. The maximum Gasteiger partial charge on any atom is 0.261 e. The quantitative estimate of drug-likeness (QED) is 0.445. The number of aromatic nitrogens is 1. The first kappa shape index (κ1) is 22.2. The van der Waals surface area contributed by atoms with Crippen LogP contribution in [0.5, 0.6) is 5.75 Å². The van der Waals surface area contributed by atoms with E-state index in [1.165, 1.54) is 0 Å². The Hall–Kier alpha value is -3.97. The summed E-state index contributed by atoms with van der Waals surface area (Å²) >= 11 is 0. The largest absolute Gasteiger partial charge is 0.492 e. The van der Waals surface area contributed by atoms with Gasteiger partial charge >= 0.3 is 0 Å². The van der Waals surface area contributed by atoms with Gasteiger partial charge in [0.2, 0.25) is 5.55 Å². The molecule has 0 aliphatic heterocycles. The van der Waals surface area contributed by atoms with Crippen LogP contribution in [0.1, 0.15) is 34.1 Å². The van der Waals surface area contributed by atoms with Gasteiger partial charge in [0.15, 0.2) is 5.58 Å². The summed E-state index contributed by atoms with van der Waals surface area (Å²) in [7, 11) is 0. The number of carbonyl (C=O) groups is 1. The summed E-state index contributed by atoms with van der Waals surface area (Å²) in [6.07, 6.45) is 1.58. The highest BCUT2D eigenvalue weighted by molar-refractivity contribution is 6.06. The van der Waals surface area contributed by atoms with Crippen molar-refractivity contribution in [1.29, 1.82) is 0 Å². The van der Waals surface area contributed by atoms with E-state index in [1.54, 1.807) is 24.4 Å². The van der Waals surface area contributed by atoms with E-state index in [-0.39, 0.29) is 17.7 Å². The number of benzene rings is 2. The van der Waals surface area contributed by atoms with Gasteiger partial charge in [0, 0.05) is 17.1 Å². The molecule has 7 nitrogen and oxygen atoms in total. The van der Waals surface area contributed by atoms with E-state index in [0.29, 0.717) is 46.0 Å². The Morgan fingerprint density at radius 2 is 1.97 bits per heavy atom. The molecule has 0 saturated heterocycles. The van der Waals surface area contributed by atoms with E-state index in [2.05, 4.69) is 15.3 Å². The molecule has 0 aliphatic carbocycles. The molecule has 0 spiro atoms. The minimum atomic E-state index is -0.405. The Morgan fingerprint density at radius 3 is 2.73 bits per heavy atom. The lowest BCUT2D eigenvalue weighted by Gasteiger charge is -2.12. The van der Waals surface area contributed by atoms with Crippen LogP contribution in [0.2, 0.25) is 0 Å². The van der Waals surface area contributed by atoms with Gasteiger partial charge < -0.3 is 19.6 Å². The van der Waals surface area contributed by atoms with Gasteiger partial charge in [0.25, 0.3) is 5.91 Å². The summed E-state index contributed by atoms with van der Waals surface area (Å²) in [6, 6.07) is 16.5. The van der Waals surface area contributed by atoms with Crippen molar-refractivity contribution in [3.05, 3.63) is 88.7 Å². The van der Waals surface area contributed by atoms with E-state index >= 15 is 0 Å². The first-order valence-corrected chi connectivity index (χ1v) is 10.7. The molecule has 0 fully saturated rings. The van der Waals surface area contributed by atoms with Crippen LogP contribution in [0.4, 0.5) is 11.4 Å². The van der Waals surface area contributed by atoms with Crippen molar-refractivity contribution in [3.8, 4) is 5.75 Å². The Bertz CT molecular complexity index is 1390. The standard InChI is InChI=1S/C26H25N3O4/c1-4-32-23-11-6-5-10-22(23)29-25(31)21-13-20-18(15-30)14-27-17(3)24(20)33-26(21)28-19-9-7-8-16(2)12-19/h5-14,30H,4,15H2,1-3H3,(H,29,31). The number of nitrogens with one attached hydrogen (secondary N) is 1. The van der Waals surface area contributed by atoms with Gasteiger partial charge in [-0.15, -0.1) is 0 Å². The van der Waals surface area contributed by atoms with Gasteiger partial charge in [0.05, 0.1) is 30.3 Å².